The summed E-state index contributed by atoms with van der Waals surface area (Å²) in [6.07, 6.45) is 4.79. The maximum atomic E-state index is 6.30. The summed E-state index contributed by atoms with van der Waals surface area (Å²) in [5.41, 5.74) is 2.75. The van der Waals surface area contributed by atoms with E-state index in [1.807, 2.05) is 0 Å². The average Bonchev–Trinajstić information content (AvgIpc) is 2.52. The third kappa shape index (κ3) is 2.44. The fraction of sp³-hybridized carbons (Fsp3) is 0.368. The molecule has 21 heavy (non-hydrogen) atoms. The smallest absolute Gasteiger partial charge is 0.124 e. The molecule has 2 aliphatic rings. The van der Waals surface area contributed by atoms with Crippen molar-refractivity contribution in [2.45, 2.75) is 43.9 Å². The third-order valence-corrected chi connectivity index (χ3v) is 4.86. The Morgan fingerprint density at radius 1 is 1.00 bits per heavy atom. The summed E-state index contributed by atoms with van der Waals surface area (Å²) >= 11 is 0. The van der Waals surface area contributed by atoms with Crippen LogP contribution >= 0.6 is 0 Å². The van der Waals surface area contributed by atoms with E-state index >= 15 is 0 Å². The zero-order valence-corrected chi connectivity index (χ0v) is 12.2. The van der Waals surface area contributed by atoms with Crippen LogP contribution in [0.5, 0.6) is 5.75 Å². The molecule has 1 fully saturated rings. The molecule has 1 spiro atoms. The Hall–Kier alpha value is -1.80. The summed E-state index contributed by atoms with van der Waals surface area (Å²) in [5, 5.41) is 3.74. The minimum absolute atomic E-state index is 0.0999. The van der Waals surface area contributed by atoms with Gasteiger partial charge >= 0.3 is 0 Å². The molecular weight excluding hydrogens is 258 g/mol. The van der Waals surface area contributed by atoms with Crippen molar-refractivity contribution in [2.24, 2.45) is 0 Å². The normalized spacial score (nSPS) is 22.2. The molecule has 0 aromatic heterocycles. The van der Waals surface area contributed by atoms with Gasteiger partial charge in [-0.2, -0.15) is 0 Å². The van der Waals surface area contributed by atoms with E-state index < -0.39 is 0 Å². The highest BCUT2D eigenvalue weighted by Gasteiger charge is 2.45. The minimum atomic E-state index is 0.0999. The van der Waals surface area contributed by atoms with E-state index in [1.165, 1.54) is 30.4 Å². The lowest BCUT2D eigenvalue weighted by atomic mass is 9.73. The minimum Gasteiger partial charge on any atom is -0.487 e. The Morgan fingerprint density at radius 3 is 2.52 bits per heavy atom. The molecule has 1 N–H and O–H groups in total. The van der Waals surface area contributed by atoms with Crippen molar-refractivity contribution in [3.05, 3.63) is 65.7 Å². The first kappa shape index (κ1) is 12.9. The first-order valence-electron chi connectivity index (χ1n) is 7.90. The number of ether oxygens (including phenoxy) is 1. The molecule has 0 bridgehead atoms. The van der Waals surface area contributed by atoms with Crippen LogP contribution in [-0.2, 0) is 6.54 Å². The first-order chi connectivity index (χ1) is 10.3. The first-order valence-corrected chi connectivity index (χ1v) is 7.90. The molecule has 4 rings (SSSR count). The lowest BCUT2D eigenvalue weighted by Crippen LogP contribution is -2.49. The molecule has 1 atom stereocenters. The molecule has 2 heteroatoms. The van der Waals surface area contributed by atoms with E-state index in [2.05, 4.69) is 59.9 Å². The van der Waals surface area contributed by atoms with Gasteiger partial charge in [-0.1, -0.05) is 48.5 Å². The Kier molecular flexibility index (Phi) is 3.19. The fourth-order valence-corrected chi connectivity index (χ4v) is 3.51. The van der Waals surface area contributed by atoms with Gasteiger partial charge in [-0.15, -0.1) is 0 Å². The number of nitrogens with one attached hydrogen (secondary N) is 1. The topological polar surface area (TPSA) is 21.3 Å². The van der Waals surface area contributed by atoms with Gasteiger partial charge in [0.1, 0.15) is 11.4 Å². The van der Waals surface area contributed by atoms with Crippen molar-refractivity contribution in [1.29, 1.82) is 0 Å². The number of fused-ring (bicyclic) bond motifs is 1. The second kappa shape index (κ2) is 5.19. The average molecular weight is 279 g/mol. The van der Waals surface area contributed by atoms with Crippen LogP contribution in [0.4, 0.5) is 0 Å². The zero-order chi connectivity index (χ0) is 14.1. The predicted molar refractivity (Wildman–Crippen MR) is 84.3 cm³/mol. The molecule has 108 valence electrons. The quantitative estimate of drug-likeness (QED) is 0.908. The van der Waals surface area contributed by atoms with Gasteiger partial charge in [0.15, 0.2) is 0 Å². The van der Waals surface area contributed by atoms with Gasteiger partial charge in [0, 0.05) is 24.6 Å². The van der Waals surface area contributed by atoms with Gasteiger partial charge in [0.05, 0.1) is 0 Å². The van der Waals surface area contributed by atoms with E-state index in [1.54, 1.807) is 0 Å². The predicted octanol–water partition coefficient (Wildman–Crippen LogP) is 4.22. The Morgan fingerprint density at radius 2 is 1.76 bits per heavy atom. The molecule has 1 saturated carbocycles. The number of hydrogen-bond acceptors (Lipinski definition) is 2. The molecule has 1 heterocycles. The summed E-state index contributed by atoms with van der Waals surface area (Å²) in [6, 6.07) is 19.5. The van der Waals surface area contributed by atoms with E-state index in [-0.39, 0.29) is 5.60 Å². The summed E-state index contributed by atoms with van der Waals surface area (Å²) in [4.78, 5) is 0. The number of rotatable bonds is 3. The van der Waals surface area contributed by atoms with E-state index in [4.69, 9.17) is 4.74 Å². The van der Waals surface area contributed by atoms with Crippen LogP contribution in [0.1, 0.15) is 42.9 Å². The van der Waals surface area contributed by atoms with Crippen molar-refractivity contribution < 1.29 is 4.74 Å². The molecule has 0 saturated heterocycles. The lowest BCUT2D eigenvalue weighted by Gasteiger charge is -2.48. The third-order valence-electron chi connectivity index (χ3n) is 4.86. The van der Waals surface area contributed by atoms with Gasteiger partial charge in [-0.3, -0.25) is 0 Å². The van der Waals surface area contributed by atoms with Crippen molar-refractivity contribution >= 4 is 0 Å². The van der Waals surface area contributed by atoms with Gasteiger partial charge in [-0.05, 0) is 30.9 Å². The van der Waals surface area contributed by atoms with E-state index in [0.29, 0.717) is 6.04 Å². The molecule has 0 amide bonds. The maximum absolute atomic E-state index is 6.30. The van der Waals surface area contributed by atoms with Crippen molar-refractivity contribution in [2.75, 3.05) is 0 Å². The highest BCUT2D eigenvalue weighted by atomic mass is 16.5. The lowest BCUT2D eigenvalue weighted by molar-refractivity contribution is -0.0371. The van der Waals surface area contributed by atoms with Crippen LogP contribution in [0.25, 0.3) is 0 Å². The standard InChI is InChI=1S/C19H21NO/c1-2-7-15(8-3-1)14-20-17-13-19(11-6-12-19)21-18-10-5-4-9-16(17)18/h1-5,7-10,17,20H,6,11-14H2. The van der Waals surface area contributed by atoms with Crippen LogP contribution in [0.15, 0.2) is 54.6 Å². The molecule has 1 aliphatic carbocycles. The second-order valence-electron chi connectivity index (χ2n) is 6.30. The molecule has 2 aromatic carbocycles. The van der Waals surface area contributed by atoms with Crippen LogP contribution in [0.3, 0.4) is 0 Å². The number of para-hydroxylation sites is 1. The van der Waals surface area contributed by atoms with Gasteiger partial charge in [0.25, 0.3) is 0 Å². The van der Waals surface area contributed by atoms with Crippen LogP contribution in [0.2, 0.25) is 0 Å². The Bertz CT molecular complexity index is 618. The Balaban J connectivity index is 1.55. The van der Waals surface area contributed by atoms with Gasteiger partial charge in [-0.25, -0.2) is 0 Å². The van der Waals surface area contributed by atoms with Crippen molar-refractivity contribution in [3.8, 4) is 5.75 Å². The van der Waals surface area contributed by atoms with Crippen molar-refractivity contribution in [3.63, 3.8) is 0 Å². The SMILES string of the molecule is c1ccc(CNC2CC3(CCC3)Oc3ccccc32)cc1. The zero-order valence-electron chi connectivity index (χ0n) is 12.2. The largest absolute Gasteiger partial charge is 0.487 e. The number of benzene rings is 2. The molecule has 2 nitrogen and oxygen atoms in total. The second-order valence-corrected chi connectivity index (χ2v) is 6.30. The monoisotopic (exact) mass is 279 g/mol. The van der Waals surface area contributed by atoms with Crippen LogP contribution in [0, 0.1) is 0 Å². The van der Waals surface area contributed by atoms with E-state index in [0.717, 1.165) is 18.7 Å². The number of hydrogen-bond donors (Lipinski definition) is 1. The summed E-state index contributed by atoms with van der Waals surface area (Å²) < 4.78 is 6.30. The molecular formula is C19H21NO. The highest BCUT2D eigenvalue weighted by molar-refractivity contribution is 5.39. The van der Waals surface area contributed by atoms with Crippen LogP contribution < -0.4 is 10.1 Å². The van der Waals surface area contributed by atoms with Gasteiger partial charge < -0.3 is 10.1 Å². The van der Waals surface area contributed by atoms with Gasteiger partial charge in [0.2, 0.25) is 0 Å². The van der Waals surface area contributed by atoms with Crippen molar-refractivity contribution in [1.82, 2.24) is 5.32 Å². The molecule has 1 aliphatic heterocycles. The van der Waals surface area contributed by atoms with Crippen LogP contribution in [-0.4, -0.2) is 5.60 Å². The summed E-state index contributed by atoms with van der Waals surface area (Å²) in [5.74, 6) is 1.08. The van der Waals surface area contributed by atoms with E-state index in [9.17, 15) is 0 Å². The molecule has 0 radical (unpaired) electrons. The molecule has 2 aromatic rings. The summed E-state index contributed by atoms with van der Waals surface area (Å²) in [6.45, 7) is 0.913. The highest BCUT2D eigenvalue weighted by Crippen LogP contribution is 2.48. The summed E-state index contributed by atoms with van der Waals surface area (Å²) in [7, 11) is 0. The Labute approximate surface area is 126 Å². The molecule has 1 unspecified atom stereocenters. The fourth-order valence-electron chi connectivity index (χ4n) is 3.51. The maximum Gasteiger partial charge on any atom is 0.124 e.